The molecule has 1 aromatic rings. The minimum absolute atomic E-state index is 0.0815. The van der Waals surface area contributed by atoms with Crippen molar-refractivity contribution < 1.29 is 9.67 Å². The largest absolute Gasteiger partial charge is 0.389 e. The molecular formula is C8H16N3O+. The third kappa shape index (κ3) is 1.30. The Morgan fingerprint density at radius 3 is 2.42 bits per heavy atom. The van der Waals surface area contributed by atoms with Gasteiger partial charge in [0.2, 0.25) is 0 Å². The zero-order chi connectivity index (χ0) is 9.30. The number of hydrogen-bond donors (Lipinski definition) is 1. The van der Waals surface area contributed by atoms with Gasteiger partial charge in [-0.2, -0.15) is 0 Å². The van der Waals surface area contributed by atoms with E-state index in [0.29, 0.717) is 0 Å². The van der Waals surface area contributed by atoms with Crippen molar-refractivity contribution in [1.29, 1.82) is 0 Å². The van der Waals surface area contributed by atoms with Crippen LogP contribution in [0.5, 0.6) is 0 Å². The van der Waals surface area contributed by atoms with Gasteiger partial charge in [0, 0.05) is 0 Å². The topological polar surface area (TPSA) is 32.3 Å². The lowest BCUT2D eigenvalue weighted by Gasteiger charge is -2.06. The van der Waals surface area contributed by atoms with E-state index >= 15 is 0 Å². The number of aliphatic hydroxyl groups is 1. The molecule has 0 bridgehead atoms. The van der Waals surface area contributed by atoms with Gasteiger partial charge in [0.05, 0.1) is 28.2 Å². The molecule has 4 nitrogen and oxygen atoms in total. The molecule has 0 aliphatic carbocycles. The van der Waals surface area contributed by atoms with Gasteiger partial charge in [-0.1, -0.05) is 0 Å². The fraction of sp³-hybridized carbons (Fsp3) is 0.625. The molecule has 0 atom stereocenters. The van der Waals surface area contributed by atoms with E-state index < -0.39 is 0 Å². The number of anilines is 1. The number of aliphatic hydroxyl groups excluding tert-OH is 1. The monoisotopic (exact) mass is 170 g/mol. The Hall–Kier alpha value is -1.03. The maximum absolute atomic E-state index is 8.99. The Morgan fingerprint density at radius 2 is 2.17 bits per heavy atom. The molecule has 0 radical (unpaired) electrons. The van der Waals surface area contributed by atoms with Gasteiger partial charge >= 0.3 is 5.95 Å². The van der Waals surface area contributed by atoms with E-state index in [-0.39, 0.29) is 6.61 Å². The predicted octanol–water partition coefficient (Wildman–Crippen LogP) is -0.592. The zero-order valence-corrected chi connectivity index (χ0v) is 8.07. The number of aryl methyl sites for hydroxylation is 1. The van der Waals surface area contributed by atoms with Crippen molar-refractivity contribution in [3.8, 4) is 0 Å². The number of hydrogen-bond acceptors (Lipinski definition) is 2. The highest BCUT2D eigenvalue weighted by atomic mass is 16.3. The Labute approximate surface area is 72.7 Å². The van der Waals surface area contributed by atoms with E-state index in [1.807, 2.05) is 48.4 Å². The van der Waals surface area contributed by atoms with Crippen LogP contribution in [0.2, 0.25) is 0 Å². The highest BCUT2D eigenvalue weighted by Crippen LogP contribution is 2.07. The van der Waals surface area contributed by atoms with Gasteiger partial charge in [-0.15, -0.1) is 0 Å². The van der Waals surface area contributed by atoms with Crippen molar-refractivity contribution >= 4 is 5.95 Å². The first kappa shape index (κ1) is 9.06. The summed E-state index contributed by atoms with van der Waals surface area (Å²) in [5.74, 6) is 1.07. The Bertz CT molecular complexity index is 278. The number of nitrogens with zero attached hydrogens (tertiary/aromatic N) is 3. The van der Waals surface area contributed by atoms with Crippen molar-refractivity contribution in [2.75, 3.05) is 19.0 Å². The molecule has 0 unspecified atom stereocenters. The van der Waals surface area contributed by atoms with Crippen LogP contribution in [0.3, 0.4) is 0 Å². The smallest absolute Gasteiger partial charge is 0.359 e. The molecule has 0 amide bonds. The van der Waals surface area contributed by atoms with Crippen LogP contribution in [-0.2, 0) is 20.7 Å². The number of aromatic nitrogens is 2. The minimum atomic E-state index is 0.0815. The average Bonchev–Trinajstić information content (AvgIpc) is 2.25. The second kappa shape index (κ2) is 3.15. The van der Waals surface area contributed by atoms with Crippen LogP contribution in [-0.4, -0.2) is 23.8 Å². The fourth-order valence-corrected chi connectivity index (χ4v) is 1.50. The van der Waals surface area contributed by atoms with Crippen LogP contribution in [0.1, 0.15) is 5.69 Å². The second-order valence-electron chi connectivity index (χ2n) is 3.14. The van der Waals surface area contributed by atoms with E-state index in [1.165, 1.54) is 0 Å². The summed E-state index contributed by atoms with van der Waals surface area (Å²) < 4.78 is 3.96. The summed E-state index contributed by atoms with van der Waals surface area (Å²) in [7, 11) is 7.88. The van der Waals surface area contributed by atoms with Crippen LogP contribution in [0.15, 0.2) is 6.20 Å². The second-order valence-corrected chi connectivity index (χ2v) is 3.14. The fourth-order valence-electron chi connectivity index (χ4n) is 1.50. The molecule has 4 heteroatoms. The highest BCUT2D eigenvalue weighted by Gasteiger charge is 2.17. The standard InChI is InChI=1S/C8H16N3O/c1-9(2)8-10(3)5-7(6-12)11(8)4/h5,12H,6H2,1-4H3/q+1. The normalized spacial score (nSPS) is 10.4. The van der Waals surface area contributed by atoms with Crippen molar-refractivity contribution in [2.45, 2.75) is 6.61 Å². The molecule has 0 fully saturated rings. The average molecular weight is 170 g/mol. The van der Waals surface area contributed by atoms with E-state index in [9.17, 15) is 0 Å². The summed E-state index contributed by atoms with van der Waals surface area (Å²) in [4.78, 5) is 2.01. The number of rotatable bonds is 2. The Kier molecular flexibility index (Phi) is 2.38. The van der Waals surface area contributed by atoms with Gasteiger partial charge in [0.25, 0.3) is 0 Å². The molecule has 1 heterocycles. The first-order chi connectivity index (χ1) is 5.57. The summed E-state index contributed by atoms with van der Waals surface area (Å²) in [6.07, 6.45) is 1.93. The van der Waals surface area contributed by atoms with Crippen LogP contribution in [0.25, 0.3) is 0 Å². The number of imidazole rings is 1. The third-order valence-corrected chi connectivity index (χ3v) is 1.95. The van der Waals surface area contributed by atoms with Gasteiger partial charge < -0.3 is 5.11 Å². The predicted molar refractivity (Wildman–Crippen MR) is 46.8 cm³/mol. The summed E-state index contributed by atoms with van der Waals surface area (Å²) in [5, 5.41) is 8.99. The van der Waals surface area contributed by atoms with Crippen LogP contribution < -0.4 is 9.47 Å². The van der Waals surface area contributed by atoms with Gasteiger partial charge in [-0.05, 0) is 0 Å². The summed E-state index contributed by atoms with van der Waals surface area (Å²) >= 11 is 0. The van der Waals surface area contributed by atoms with Crippen LogP contribution in [0.4, 0.5) is 5.95 Å². The van der Waals surface area contributed by atoms with Gasteiger partial charge in [-0.3, -0.25) is 4.90 Å². The maximum atomic E-state index is 8.99. The molecule has 0 aliphatic heterocycles. The lowest BCUT2D eigenvalue weighted by molar-refractivity contribution is -0.658. The van der Waals surface area contributed by atoms with Crippen molar-refractivity contribution in [1.82, 2.24) is 4.57 Å². The van der Waals surface area contributed by atoms with Crippen molar-refractivity contribution in [2.24, 2.45) is 14.1 Å². The zero-order valence-electron chi connectivity index (χ0n) is 8.07. The molecule has 0 saturated carbocycles. The maximum Gasteiger partial charge on any atom is 0.359 e. The molecule has 0 aliphatic rings. The highest BCUT2D eigenvalue weighted by molar-refractivity contribution is 5.23. The molecular weight excluding hydrogens is 154 g/mol. The molecule has 12 heavy (non-hydrogen) atoms. The third-order valence-electron chi connectivity index (χ3n) is 1.95. The molecule has 1 N–H and O–H groups in total. The Balaban J connectivity index is 3.19. The summed E-state index contributed by atoms with van der Waals surface area (Å²) in [6, 6.07) is 0. The first-order valence-corrected chi connectivity index (χ1v) is 3.90. The molecule has 0 aromatic carbocycles. The van der Waals surface area contributed by atoms with E-state index in [4.69, 9.17) is 5.11 Å². The van der Waals surface area contributed by atoms with Gasteiger partial charge in [-0.25, -0.2) is 9.13 Å². The summed E-state index contributed by atoms with van der Waals surface area (Å²) in [6.45, 7) is 0.0815. The van der Waals surface area contributed by atoms with Gasteiger partial charge in [0.15, 0.2) is 0 Å². The van der Waals surface area contributed by atoms with E-state index in [1.54, 1.807) is 0 Å². The molecule has 0 spiro atoms. The lowest BCUT2D eigenvalue weighted by atomic mass is 10.5. The van der Waals surface area contributed by atoms with E-state index in [0.717, 1.165) is 11.6 Å². The Morgan fingerprint density at radius 1 is 1.58 bits per heavy atom. The first-order valence-electron chi connectivity index (χ1n) is 3.90. The lowest BCUT2D eigenvalue weighted by Crippen LogP contribution is -2.34. The van der Waals surface area contributed by atoms with Crippen molar-refractivity contribution in [3.63, 3.8) is 0 Å². The SMILES string of the molecule is CN(C)c1n(C)c(CO)c[n+]1C. The molecule has 1 rings (SSSR count). The molecule has 1 aromatic heterocycles. The molecule has 68 valence electrons. The molecule has 0 saturated heterocycles. The summed E-state index contributed by atoms with van der Waals surface area (Å²) in [5.41, 5.74) is 0.918. The van der Waals surface area contributed by atoms with Gasteiger partial charge in [0.1, 0.15) is 18.5 Å². The quantitative estimate of drug-likeness (QED) is 0.602. The van der Waals surface area contributed by atoms with E-state index in [2.05, 4.69) is 0 Å². The van der Waals surface area contributed by atoms with Crippen LogP contribution in [0, 0.1) is 0 Å². The van der Waals surface area contributed by atoms with Crippen LogP contribution >= 0.6 is 0 Å². The van der Waals surface area contributed by atoms with Crippen molar-refractivity contribution in [3.05, 3.63) is 11.9 Å². The minimum Gasteiger partial charge on any atom is -0.389 e.